The second-order valence-corrected chi connectivity index (χ2v) is 5.51. The van der Waals surface area contributed by atoms with Crippen LogP contribution < -0.4 is 14.4 Å². The highest BCUT2D eigenvalue weighted by molar-refractivity contribution is 5.36. The van der Waals surface area contributed by atoms with Crippen molar-refractivity contribution >= 4 is 5.82 Å². The number of aromatic nitrogens is 2. The molecule has 1 fully saturated rings. The number of rotatable bonds is 5. The van der Waals surface area contributed by atoms with E-state index in [0.29, 0.717) is 12.5 Å². The molecule has 22 heavy (non-hydrogen) atoms. The Morgan fingerprint density at radius 1 is 1.27 bits per heavy atom. The molecule has 0 saturated carbocycles. The van der Waals surface area contributed by atoms with E-state index in [2.05, 4.69) is 14.9 Å². The summed E-state index contributed by atoms with van der Waals surface area (Å²) < 4.78 is 11.1. The van der Waals surface area contributed by atoms with Gasteiger partial charge in [0.2, 0.25) is 0 Å². The molecule has 2 aromatic rings. The summed E-state index contributed by atoms with van der Waals surface area (Å²) in [6.45, 7) is 2.71. The molecule has 0 spiro atoms. The number of ether oxygens (including phenoxy) is 2. The molecule has 1 unspecified atom stereocenters. The van der Waals surface area contributed by atoms with Crippen LogP contribution in [0.1, 0.15) is 12.8 Å². The first kappa shape index (κ1) is 14.6. The van der Waals surface area contributed by atoms with Crippen molar-refractivity contribution in [3.05, 3.63) is 42.9 Å². The highest BCUT2D eigenvalue weighted by atomic mass is 16.5. The third kappa shape index (κ3) is 3.67. The summed E-state index contributed by atoms with van der Waals surface area (Å²) in [5.41, 5.74) is 0. The summed E-state index contributed by atoms with van der Waals surface area (Å²) in [7, 11) is 1.67. The summed E-state index contributed by atoms with van der Waals surface area (Å²) in [5.74, 6) is 3.13. The first-order chi connectivity index (χ1) is 10.8. The molecule has 0 aliphatic carbocycles. The van der Waals surface area contributed by atoms with E-state index in [0.717, 1.165) is 36.8 Å². The number of piperidine rings is 1. The fourth-order valence-corrected chi connectivity index (χ4v) is 2.77. The topological polar surface area (TPSA) is 47.5 Å². The standard InChI is InChI=1S/C17H21N3O2/c1-21-15-5-2-6-16(10-15)22-13-14-4-3-9-20(12-14)17-11-18-7-8-19-17/h2,5-8,10-11,14H,3-4,9,12-13H2,1H3. The molecule has 3 rings (SSSR count). The molecule has 0 amide bonds. The Morgan fingerprint density at radius 2 is 2.18 bits per heavy atom. The maximum Gasteiger partial charge on any atom is 0.147 e. The third-order valence-electron chi connectivity index (χ3n) is 3.92. The van der Waals surface area contributed by atoms with Gasteiger partial charge in [-0.05, 0) is 25.0 Å². The molecular formula is C17H21N3O2. The van der Waals surface area contributed by atoms with Crippen LogP contribution in [0.25, 0.3) is 0 Å². The molecule has 1 atom stereocenters. The lowest BCUT2D eigenvalue weighted by Crippen LogP contribution is -2.38. The number of methoxy groups -OCH3 is 1. The van der Waals surface area contributed by atoms with Crippen LogP contribution in [-0.4, -0.2) is 36.8 Å². The van der Waals surface area contributed by atoms with Crippen molar-refractivity contribution in [1.82, 2.24) is 9.97 Å². The molecule has 116 valence electrons. The maximum atomic E-state index is 5.93. The molecule has 0 bridgehead atoms. The van der Waals surface area contributed by atoms with Gasteiger partial charge in [-0.25, -0.2) is 4.98 Å². The van der Waals surface area contributed by atoms with E-state index in [1.54, 1.807) is 19.5 Å². The van der Waals surface area contributed by atoms with Gasteiger partial charge in [0, 0.05) is 37.5 Å². The molecular weight excluding hydrogens is 278 g/mol. The SMILES string of the molecule is COc1cccc(OCC2CCCN(c3cnccn3)C2)c1. The summed E-state index contributed by atoms with van der Waals surface area (Å²) in [6.07, 6.45) is 7.61. The average molecular weight is 299 g/mol. The van der Waals surface area contributed by atoms with E-state index in [-0.39, 0.29) is 0 Å². The molecule has 0 N–H and O–H groups in total. The zero-order chi connectivity index (χ0) is 15.2. The number of anilines is 1. The third-order valence-corrected chi connectivity index (χ3v) is 3.92. The van der Waals surface area contributed by atoms with Gasteiger partial charge in [0.25, 0.3) is 0 Å². The summed E-state index contributed by atoms with van der Waals surface area (Å²) in [6, 6.07) is 7.75. The van der Waals surface area contributed by atoms with Gasteiger partial charge in [-0.1, -0.05) is 6.07 Å². The fraction of sp³-hybridized carbons (Fsp3) is 0.412. The van der Waals surface area contributed by atoms with Crippen LogP contribution in [0.3, 0.4) is 0 Å². The molecule has 1 aliphatic heterocycles. The van der Waals surface area contributed by atoms with Crippen molar-refractivity contribution in [1.29, 1.82) is 0 Å². The minimum atomic E-state index is 0.502. The van der Waals surface area contributed by atoms with Gasteiger partial charge in [-0.15, -0.1) is 0 Å². The van der Waals surface area contributed by atoms with Crippen molar-refractivity contribution in [3.8, 4) is 11.5 Å². The van der Waals surface area contributed by atoms with Crippen LogP contribution in [0.4, 0.5) is 5.82 Å². The Bertz CT molecular complexity index is 591. The van der Waals surface area contributed by atoms with Gasteiger partial charge in [-0.3, -0.25) is 4.98 Å². The molecule has 5 nitrogen and oxygen atoms in total. The van der Waals surface area contributed by atoms with E-state index >= 15 is 0 Å². The molecule has 2 heterocycles. The second-order valence-electron chi connectivity index (χ2n) is 5.51. The van der Waals surface area contributed by atoms with Crippen molar-refractivity contribution in [2.75, 3.05) is 31.7 Å². The zero-order valence-electron chi connectivity index (χ0n) is 12.8. The number of benzene rings is 1. The Labute approximate surface area is 130 Å². The quantitative estimate of drug-likeness (QED) is 0.849. The number of hydrogen-bond donors (Lipinski definition) is 0. The summed E-state index contributed by atoms with van der Waals surface area (Å²) in [4.78, 5) is 10.8. The van der Waals surface area contributed by atoms with E-state index in [9.17, 15) is 0 Å². The van der Waals surface area contributed by atoms with Gasteiger partial charge >= 0.3 is 0 Å². The average Bonchev–Trinajstić information content (AvgIpc) is 2.61. The lowest BCUT2D eigenvalue weighted by Gasteiger charge is -2.33. The van der Waals surface area contributed by atoms with Crippen molar-refractivity contribution < 1.29 is 9.47 Å². The van der Waals surface area contributed by atoms with Crippen LogP contribution in [0.2, 0.25) is 0 Å². The highest BCUT2D eigenvalue weighted by Gasteiger charge is 2.21. The Kier molecular flexibility index (Phi) is 4.73. The summed E-state index contributed by atoms with van der Waals surface area (Å²) in [5, 5.41) is 0. The smallest absolute Gasteiger partial charge is 0.147 e. The van der Waals surface area contributed by atoms with Crippen LogP contribution >= 0.6 is 0 Å². The fourth-order valence-electron chi connectivity index (χ4n) is 2.77. The predicted molar refractivity (Wildman–Crippen MR) is 85.5 cm³/mol. The van der Waals surface area contributed by atoms with Crippen LogP contribution in [0, 0.1) is 5.92 Å². The minimum Gasteiger partial charge on any atom is -0.497 e. The molecule has 1 aromatic carbocycles. The van der Waals surface area contributed by atoms with Crippen molar-refractivity contribution in [3.63, 3.8) is 0 Å². The number of hydrogen-bond acceptors (Lipinski definition) is 5. The van der Waals surface area contributed by atoms with Crippen molar-refractivity contribution in [2.45, 2.75) is 12.8 Å². The van der Waals surface area contributed by atoms with Crippen LogP contribution in [-0.2, 0) is 0 Å². The molecule has 5 heteroatoms. The van der Waals surface area contributed by atoms with E-state index in [1.165, 1.54) is 6.42 Å². The molecule has 1 aromatic heterocycles. The highest BCUT2D eigenvalue weighted by Crippen LogP contribution is 2.23. The van der Waals surface area contributed by atoms with Gasteiger partial charge in [0.1, 0.15) is 17.3 Å². The van der Waals surface area contributed by atoms with E-state index < -0.39 is 0 Å². The second kappa shape index (κ2) is 7.11. The lowest BCUT2D eigenvalue weighted by atomic mass is 9.99. The zero-order valence-corrected chi connectivity index (χ0v) is 12.8. The maximum absolute atomic E-state index is 5.93. The Morgan fingerprint density at radius 3 is 3.00 bits per heavy atom. The van der Waals surface area contributed by atoms with Crippen molar-refractivity contribution in [2.24, 2.45) is 5.92 Å². The van der Waals surface area contributed by atoms with Gasteiger partial charge in [0.15, 0.2) is 0 Å². The van der Waals surface area contributed by atoms with E-state index in [4.69, 9.17) is 9.47 Å². The first-order valence-corrected chi connectivity index (χ1v) is 7.63. The monoisotopic (exact) mass is 299 g/mol. The number of nitrogens with zero attached hydrogens (tertiary/aromatic N) is 3. The van der Waals surface area contributed by atoms with Crippen LogP contribution in [0.5, 0.6) is 11.5 Å². The lowest BCUT2D eigenvalue weighted by molar-refractivity contribution is 0.227. The Balaban J connectivity index is 1.56. The van der Waals surface area contributed by atoms with Gasteiger partial charge in [-0.2, -0.15) is 0 Å². The molecule has 1 aliphatic rings. The molecule has 1 saturated heterocycles. The first-order valence-electron chi connectivity index (χ1n) is 7.63. The van der Waals surface area contributed by atoms with Gasteiger partial charge in [0.05, 0.1) is 19.9 Å². The van der Waals surface area contributed by atoms with Gasteiger partial charge < -0.3 is 14.4 Å². The minimum absolute atomic E-state index is 0.502. The summed E-state index contributed by atoms with van der Waals surface area (Å²) >= 11 is 0. The van der Waals surface area contributed by atoms with Crippen LogP contribution in [0.15, 0.2) is 42.9 Å². The largest absolute Gasteiger partial charge is 0.497 e. The van der Waals surface area contributed by atoms with E-state index in [1.807, 2.05) is 30.5 Å². The Hall–Kier alpha value is -2.30. The molecule has 0 radical (unpaired) electrons. The predicted octanol–water partition coefficient (Wildman–Crippen LogP) is 2.78. The normalized spacial score (nSPS) is 18.0.